The maximum atomic E-state index is 11.2. The van der Waals surface area contributed by atoms with Gasteiger partial charge in [0.05, 0.1) is 17.6 Å². The molecule has 2 aromatic heterocycles. The molecule has 0 saturated carbocycles. The summed E-state index contributed by atoms with van der Waals surface area (Å²) in [6.07, 6.45) is 1.64. The van der Waals surface area contributed by atoms with Crippen LogP contribution >= 0.6 is 0 Å². The fourth-order valence-electron chi connectivity index (χ4n) is 2.29. The Hall–Kier alpha value is -3.28. The highest BCUT2D eigenvalue weighted by molar-refractivity contribution is 5.91. The number of nitrogens with zero attached hydrogens (tertiary/aromatic N) is 3. The zero-order valence-corrected chi connectivity index (χ0v) is 13.3. The summed E-state index contributed by atoms with van der Waals surface area (Å²) in [5, 5.41) is 12.9. The lowest BCUT2D eigenvalue weighted by atomic mass is 10.1. The van der Waals surface area contributed by atoms with Crippen molar-refractivity contribution >= 4 is 34.7 Å². The van der Waals surface area contributed by atoms with Gasteiger partial charge in [0.25, 0.3) is 0 Å². The highest BCUT2D eigenvalue weighted by Crippen LogP contribution is 2.19. The topological polar surface area (TPSA) is 87.5 Å². The number of aromatic hydroxyl groups is 1. The Morgan fingerprint density at radius 1 is 1.17 bits per heavy atom. The number of hydrogen-bond donors (Lipinski definition) is 2. The van der Waals surface area contributed by atoms with Crippen molar-refractivity contribution in [2.24, 2.45) is 4.99 Å². The van der Waals surface area contributed by atoms with Gasteiger partial charge in [-0.25, -0.2) is 9.97 Å². The lowest BCUT2D eigenvalue weighted by Gasteiger charge is -2.06. The van der Waals surface area contributed by atoms with Crippen LogP contribution in [0.5, 0.6) is 5.75 Å². The molecule has 1 aromatic carbocycles. The molecule has 1 amide bonds. The van der Waals surface area contributed by atoms with E-state index in [0.717, 1.165) is 10.9 Å². The SMILES string of the molecule is CC(=O)Nc1ccc2c(C)cc(C=Nc3ccc(O)cc3)nc2n1. The molecule has 6 heteroatoms. The van der Waals surface area contributed by atoms with Crippen LogP contribution in [0.3, 0.4) is 0 Å². The van der Waals surface area contributed by atoms with Gasteiger partial charge < -0.3 is 10.4 Å². The third-order valence-electron chi connectivity index (χ3n) is 3.40. The second kappa shape index (κ2) is 6.45. The van der Waals surface area contributed by atoms with E-state index < -0.39 is 0 Å². The molecule has 0 bridgehead atoms. The molecule has 0 fully saturated rings. The Bertz CT molecular complexity index is 934. The Balaban J connectivity index is 1.95. The molecule has 0 aliphatic carbocycles. The van der Waals surface area contributed by atoms with Gasteiger partial charge in [-0.1, -0.05) is 0 Å². The molecule has 3 aromatic rings. The minimum absolute atomic E-state index is 0.177. The molecular formula is C18H16N4O2. The maximum absolute atomic E-state index is 11.2. The normalized spacial score (nSPS) is 11.1. The Morgan fingerprint density at radius 3 is 2.62 bits per heavy atom. The summed E-state index contributed by atoms with van der Waals surface area (Å²) in [5.74, 6) is 0.487. The van der Waals surface area contributed by atoms with Crippen molar-refractivity contribution in [3.8, 4) is 5.75 Å². The highest BCUT2D eigenvalue weighted by atomic mass is 16.3. The molecule has 0 unspecified atom stereocenters. The number of carbonyl (C=O) groups is 1. The van der Waals surface area contributed by atoms with Crippen molar-refractivity contribution in [2.45, 2.75) is 13.8 Å². The number of aromatic nitrogens is 2. The summed E-state index contributed by atoms with van der Waals surface area (Å²) in [6, 6.07) is 12.1. The van der Waals surface area contributed by atoms with Crippen LogP contribution in [0.1, 0.15) is 18.2 Å². The minimum atomic E-state index is -0.177. The standard InChI is InChI=1S/C18H16N4O2/c1-11-9-14(10-19-13-3-5-15(24)6-4-13)21-18-16(11)7-8-17(22-18)20-12(2)23/h3-10,24H,1-2H3,(H,20,21,22,23). The van der Waals surface area contributed by atoms with E-state index in [1.807, 2.05) is 19.1 Å². The van der Waals surface area contributed by atoms with Crippen molar-refractivity contribution in [3.05, 3.63) is 53.7 Å². The molecule has 0 aliphatic rings. The molecular weight excluding hydrogens is 304 g/mol. The van der Waals surface area contributed by atoms with Crippen molar-refractivity contribution in [1.82, 2.24) is 9.97 Å². The van der Waals surface area contributed by atoms with E-state index >= 15 is 0 Å². The summed E-state index contributed by atoms with van der Waals surface area (Å²) in [5.41, 5.74) is 2.95. The van der Waals surface area contributed by atoms with Crippen LogP contribution in [-0.2, 0) is 4.79 Å². The van der Waals surface area contributed by atoms with E-state index in [-0.39, 0.29) is 11.7 Å². The summed E-state index contributed by atoms with van der Waals surface area (Å²) < 4.78 is 0. The van der Waals surface area contributed by atoms with E-state index in [9.17, 15) is 9.90 Å². The van der Waals surface area contributed by atoms with Crippen molar-refractivity contribution in [2.75, 3.05) is 5.32 Å². The predicted octanol–water partition coefficient (Wildman–Crippen LogP) is 3.35. The zero-order chi connectivity index (χ0) is 17.1. The molecule has 0 saturated heterocycles. The number of phenols is 1. The van der Waals surface area contributed by atoms with Gasteiger partial charge in [-0.15, -0.1) is 0 Å². The number of aliphatic imine (C=N–C) groups is 1. The molecule has 120 valence electrons. The highest BCUT2D eigenvalue weighted by Gasteiger charge is 2.05. The molecule has 2 heterocycles. The van der Waals surface area contributed by atoms with E-state index in [4.69, 9.17) is 0 Å². The first-order valence-corrected chi connectivity index (χ1v) is 7.40. The van der Waals surface area contributed by atoms with Gasteiger partial charge in [0.1, 0.15) is 11.6 Å². The van der Waals surface area contributed by atoms with Crippen LogP contribution in [0.25, 0.3) is 11.0 Å². The molecule has 2 N–H and O–H groups in total. The third-order valence-corrected chi connectivity index (χ3v) is 3.40. The average Bonchev–Trinajstić information content (AvgIpc) is 2.53. The lowest BCUT2D eigenvalue weighted by molar-refractivity contribution is -0.114. The van der Waals surface area contributed by atoms with Gasteiger partial charge >= 0.3 is 0 Å². The zero-order valence-electron chi connectivity index (χ0n) is 13.3. The van der Waals surface area contributed by atoms with Crippen molar-refractivity contribution < 1.29 is 9.90 Å². The molecule has 3 rings (SSSR count). The molecule has 0 atom stereocenters. The Kier molecular flexibility index (Phi) is 4.20. The second-order valence-electron chi connectivity index (χ2n) is 5.39. The Morgan fingerprint density at radius 2 is 1.92 bits per heavy atom. The number of aryl methyl sites for hydroxylation is 1. The predicted molar refractivity (Wildman–Crippen MR) is 93.9 cm³/mol. The van der Waals surface area contributed by atoms with Crippen LogP contribution in [0.15, 0.2) is 47.5 Å². The number of benzene rings is 1. The second-order valence-corrected chi connectivity index (χ2v) is 5.39. The fourth-order valence-corrected chi connectivity index (χ4v) is 2.29. The van der Waals surface area contributed by atoms with E-state index in [1.165, 1.54) is 6.92 Å². The first-order valence-electron chi connectivity index (χ1n) is 7.40. The van der Waals surface area contributed by atoms with Crippen LogP contribution in [0.2, 0.25) is 0 Å². The van der Waals surface area contributed by atoms with Crippen LogP contribution in [0, 0.1) is 6.92 Å². The Labute approximate surface area is 138 Å². The number of nitrogens with one attached hydrogen (secondary N) is 1. The first-order chi connectivity index (χ1) is 11.5. The fraction of sp³-hybridized carbons (Fsp3) is 0.111. The van der Waals surface area contributed by atoms with E-state index in [2.05, 4.69) is 20.3 Å². The first kappa shape index (κ1) is 15.6. The number of carbonyl (C=O) groups excluding carboxylic acids is 1. The molecule has 0 spiro atoms. The molecule has 24 heavy (non-hydrogen) atoms. The number of fused-ring (bicyclic) bond motifs is 1. The number of amides is 1. The molecule has 6 nitrogen and oxygen atoms in total. The van der Waals surface area contributed by atoms with Gasteiger partial charge in [0.2, 0.25) is 5.91 Å². The smallest absolute Gasteiger partial charge is 0.222 e. The summed E-state index contributed by atoms with van der Waals surface area (Å²) >= 11 is 0. The van der Waals surface area contributed by atoms with Gasteiger partial charge in [-0.2, -0.15) is 0 Å². The monoisotopic (exact) mass is 320 g/mol. The van der Waals surface area contributed by atoms with E-state index in [1.54, 1.807) is 36.5 Å². The number of pyridine rings is 2. The van der Waals surface area contributed by atoms with Gasteiger partial charge in [-0.3, -0.25) is 9.79 Å². The largest absolute Gasteiger partial charge is 0.508 e. The van der Waals surface area contributed by atoms with Gasteiger partial charge in [0, 0.05) is 12.3 Å². The van der Waals surface area contributed by atoms with Crippen LogP contribution in [-0.4, -0.2) is 27.2 Å². The maximum Gasteiger partial charge on any atom is 0.222 e. The van der Waals surface area contributed by atoms with Crippen molar-refractivity contribution in [3.63, 3.8) is 0 Å². The van der Waals surface area contributed by atoms with E-state index in [0.29, 0.717) is 22.8 Å². The van der Waals surface area contributed by atoms with Gasteiger partial charge in [-0.05, 0) is 55.0 Å². The summed E-state index contributed by atoms with van der Waals surface area (Å²) in [7, 11) is 0. The number of hydrogen-bond acceptors (Lipinski definition) is 5. The number of rotatable bonds is 3. The number of anilines is 1. The van der Waals surface area contributed by atoms with Crippen molar-refractivity contribution in [1.29, 1.82) is 0 Å². The minimum Gasteiger partial charge on any atom is -0.508 e. The molecule has 0 aliphatic heterocycles. The average molecular weight is 320 g/mol. The quantitative estimate of drug-likeness (QED) is 0.724. The lowest BCUT2D eigenvalue weighted by Crippen LogP contribution is -2.07. The number of phenolic OH excluding ortho intramolecular Hbond substituents is 1. The molecule has 0 radical (unpaired) electrons. The van der Waals surface area contributed by atoms with Crippen LogP contribution < -0.4 is 5.32 Å². The third kappa shape index (κ3) is 3.55. The summed E-state index contributed by atoms with van der Waals surface area (Å²) in [4.78, 5) is 24.3. The van der Waals surface area contributed by atoms with Crippen LogP contribution in [0.4, 0.5) is 11.5 Å². The van der Waals surface area contributed by atoms with Gasteiger partial charge in [0.15, 0.2) is 5.65 Å². The summed E-state index contributed by atoms with van der Waals surface area (Å²) in [6.45, 7) is 3.41.